The summed E-state index contributed by atoms with van der Waals surface area (Å²) in [5, 5.41) is 7.80. The standard InChI is InChI=1S/C7H7F2N3S/c8-6(9)2-1-5-13-7-10-3-4-11-12-7/h2-4H,1,5H2. The van der Waals surface area contributed by atoms with E-state index in [1.807, 2.05) is 0 Å². The molecule has 6 heteroatoms. The molecule has 0 aliphatic carbocycles. The Morgan fingerprint density at radius 2 is 2.31 bits per heavy atom. The molecule has 0 bridgehead atoms. The Labute approximate surface area is 78.3 Å². The number of thioether (sulfide) groups is 1. The number of aromatic nitrogens is 3. The molecule has 0 amide bonds. The molecule has 0 N–H and O–H groups in total. The van der Waals surface area contributed by atoms with Gasteiger partial charge in [-0.2, -0.15) is 13.9 Å². The summed E-state index contributed by atoms with van der Waals surface area (Å²) in [6, 6.07) is 0. The zero-order chi connectivity index (χ0) is 9.52. The minimum Gasteiger partial charge on any atom is -0.228 e. The average Bonchev–Trinajstić information content (AvgIpc) is 2.14. The fraction of sp³-hybridized carbons (Fsp3) is 0.286. The third-order valence-electron chi connectivity index (χ3n) is 1.11. The van der Waals surface area contributed by atoms with Crippen LogP contribution in [-0.4, -0.2) is 20.9 Å². The Morgan fingerprint density at radius 1 is 1.46 bits per heavy atom. The summed E-state index contributed by atoms with van der Waals surface area (Å²) in [6.07, 6.45) is 2.52. The third kappa shape index (κ3) is 4.51. The van der Waals surface area contributed by atoms with E-state index in [4.69, 9.17) is 0 Å². The molecule has 3 nitrogen and oxygen atoms in total. The first-order chi connectivity index (χ1) is 6.29. The van der Waals surface area contributed by atoms with Gasteiger partial charge >= 0.3 is 0 Å². The van der Waals surface area contributed by atoms with E-state index in [-0.39, 0.29) is 0 Å². The van der Waals surface area contributed by atoms with Crippen LogP contribution >= 0.6 is 11.8 Å². The predicted molar refractivity (Wildman–Crippen MR) is 45.5 cm³/mol. The highest BCUT2D eigenvalue weighted by molar-refractivity contribution is 7.99. The predicted octanol–water partition coefficient (Wildman–Crippen LogP) is 2.13. The zero-order valence-electron chi connectivity index (χ0n) is 6.65. The summed E-state index contributed by atoms with van der Waals surface area (Å²) < 4.78 is 23.1. The van der Waals surface area contributed by atoms with Gasteiger partial charge in [0.1, 0.15) is 0 Å². The molecule has 0 saturated carbocycles. The van der Waals surface area contributed by atoms with E-state index in [1.54, 1.807) is 0 Å². The number of nitrogens with zero attached hydrogens (tertiary/aromatic N) is 3. The van der Waals surface area contributed by atoms with E-state index in [9.17, 15) is 8.78 Å². The lowest BCUT2D eigenvalue weighted by Crippen LogP contribution is -1.88. The van der Waals surface area contributed by atoms with Crippen molar-refractivity contribution in [2.24, 2.45) is 0 Å². The van der Waals surface area contributed by atoms with E-state index in [0.29, 0.717) is 17.3 Å². The van der Waals surface area contributed by atoms with Crippen LogP contribution in [0.15, 0.2) is 29.7 Å². The van der Waals surface area contributed by atoms with Gasteiger partial charge in [-0.15, -0.1) is 5.10 Å². The second-order valence-corrected chi connectivity index (χ2v) is 3.12. The minimum atomic E-state index is -1.65. The first-order valence-corrected chi connectivity index (χ1v) is 4.55. The minimum absolute atomic E-state index is 0.311. The lowest BCUT2D eigenvalue weighted by molar-refractivity contribution is 0.418. The molecule has 0 radical (unpaired) electrons. The summed E-state index contributed by atoms with van der Waals surface area (Å²) in [6.45, 7) is 0. The van der Waals surface area contributed by atoms with Crippen LogP contribution in [0.1, 0.15) is 6.42 Å². The Bertz CT molecular complexity index is 274. The van der Waals surface area contributed by atoms with E-state index >= 15 is 0 Å². The lowest BCUT2D eigenvalue weighted by Gasteiger charge is -1.93. The van der Waals surface area contributed by atoms with E-state index in [2.05, 4.69) is 15.2 Å². The van der Waals surface area contributed by atoms with Gasteiger partial charge in [-0.1, -0.05) is 11.8 Å². The maximum atomic E-state index is 11.6. The van der Waals surface area contributed by atoms with Crippen molar-refractivity contribution in [3.05, 3.63) is 24.6 Å². The number of hydrogen-bond acceptors (Lipinski definition) is 4. The summed E-state index contributed by atoms with van der Waals surface area (Å²) in [5.41, 5.74) is 0. The van der Waals surface area contributed by atoms with Crippen LogP contribution in [0.4, 0.5) is 8.78 Å². The van der Waals surface area contributed by atoms with Crippen molar-refractivity contribution >= 4 is 11.8 Å². The average molecular weight is 203 g/mol. The molecule has 13 heavy (non-hydrogen) atoms. The number of allylic oxidation sites excluding steroid dienone is 1. The Morgan fingerprint density at radius 3 is 2.92 bits per heavy atom. The quantitative estimate of drug-likeness (QED) is 0.555. The zero-order valence-corrected chi connectivity index (χ0v) is 7.47. The van der Waals surface area contributed by atoms with Gasteiger partial charge in [-0.05, 0) is 12.5 Å². The second-order valence-electron chi connectivity index (χ2n) is 2.06. The van der Waals surface area contributed by atoms with Crippen molar-refractivity contribution in [2.45, 2.75) is 11.6 Å². The third-order valence-corrected chi connectivity index (χ3v) is 1.99. The number of rotatable bonds is 4. The van der Waals surface area contributed by atoms with Gasteiger partial charge in [0.2, 0.25) is 5.16 Å². The van der Waals surface area contributed by atoms with Crippen molar-refractivity contribution in [3.8, 4) is 0 Å². The van der Waals surface area contributed by atoms with Crippen LogP contribution < -0.4 is 0 Å². The Balaban J connectivity index is 2.25. The molecule has 0 spiro atoms. The van der Waals surface area contributed by atoms with Crippen LogP contribution in [0.25, 0.3) is 0 Å². The monoisotopic (exact) mass is 203 g/mol. The van der Waals surface area contributed by atoms with Gasteiger partial charge in [0.25, 0.3) is 6.08 Å². The van der Waals surface area contributed by atoms with Crippen molar-refractivity contribution < 1.29 is 8.78 Å². The molecule has 1 aromatic heterocycles. The summed E-state index contributed by atoms with van der Waals surface area (Å²) in [5.74, 6) is 0.531. The van der Waals surface area contributed by atoms with E-state index in [1.165, 1.54) is 24.2 Å². The topological polar surface area (TPSA) is 38.7 Å². The fourth-order valence-electron chi connectivity index (χ4n) is 0.620. The van der Waals surface area contributed by atoms with Gasteiger partial charge in [0.05, 0.1) is 12.4 Å². The molecule has 70 valence electrons. The van der Waals surface area contributed by atoms with Crippen molar-refractivity contribution in [1.29, 1.82) is 0 Å². The summed E-state index contributed by atoms with van der Waals surface area (Å²) in [4.78, 5) is 3.88. The van der Waals surface area contributed by atoms with Crippen LogP contribution in [-0.2, 0) is 0 Å². The van der Waals surface area contributed by atoms with Gasteiger partial charge in [-0.25, -0.2) is 4.98 Å². The second kappa shape index (κ2) is 5.58. The molecule has 0 unspecified atom stereocenters. The normalized spacial score (nSPS) is 9.69. The number of halogens is 2. The van der Waals surface area contributed by atoms with E-state index < -0.39 is 6.08 Å². The van der Waals surface area contributed by atoms with Crippen LogP contribution in [0, 0.1) is 0 Å². The smallest absolute Gasteiger partial charge is 0.228 e. The highest BCUT2D eigenvalue weighted by Gasteiger charge is 1.95. The molecule has 1 aromatic rings. The van der Waals surface area contributed by atoms with Crippen molar-refractivity contribution in [1.82, 2.24) is 15.2 Å². The molecular formula is C7H7F2N3S. The van der Waals surface area contributed by atoms with Crippen molar-refractivity contribution in [2.75, 3.05) is 5.75 Å². The first-order valence-electron chi connectivity index (χ1n) is 3.56. The maximum Gasteiger partial charge on any atom is 0.266 e. The first kappa shape index (κ1) is 10.0. The molecule has 0 saturated heterocycles. The molecule has 1 heterocycles. The molecular weight excluding hydrogens is 196 g/mol. The molecule has 0 aliphatic heterocycles. The summed E-state index contributed by atoms with van der Waals surface area (Å²) >= 11 is 1.30. The molecule has 0 fully saturated rings. The molecule has 0 aromatic carbocycles. The Hall–Kier alpha value is -1.04. The molecule has 1 rings (SSSR count). The highest BCUT2D eigenvalue weighted by Crippen LogP contribution is 2.12. The van der Waals surface area contributed by atoms with E-state index in [0.717, 1.165) is 6.08 Å². The van der Waals surface area contributed by atoms with Crippen LogP contribution in [0.5, 0.6) is 0 Å². The largest absolute Gasteiger partial charge is 0.266 e. The SMILES string of the molecule is FC(F)=CCCSc1nccnn1. The van der Waals surface area contributed by atoms with Gasteiger partial charge < -0.3 is 0 Å². The van der Waals surface area contributed by atoms with Gasteiger partial charge in [-0.3, -0.25) is 0 Å². The van der Waals surface area contributed by atoms with Crippen LogP contribution in [0.2, 0.25) is 0 Å². The van der Waals surface area contributed by atoms with Gasteiger partial charge in [0, 0.05) is 5.75 Å². The molecule has 0 atom stereocenters. The summed E-state index contributed by atoms with van der Waals surface area (Å²) in [7, 11) is 0. The van der Waals surface area contributed by atoms with Crippen LogP contribution in [0.3, 0.4) is 0 Å². The Kier molecular flexibility index (Phi) is 4.31. The van der Waals surface area contributed by atoms with Gasteiger partial charge in [0.15, 0.2) is 0 Å². The lowest BCUT2D eigenvalue weighted by atomic mass is 10.5. The highest BCUT2D eigenvalue weighted by atomic mass is 32.2. The molecule has 0 aliphatic rings. The van der Waals surface area contributed by atoms with Crippen molar-refractivity contribution in [3.63, 3.8) is 0 Å². The fourth-order valence-corrected chi connectivity index (χ4v) is 1.28. The number of hydrogen-bond donors (Lipinski definition) is 0. The maximum absolute atomic E-state index is 11.6.